The van der Waals surface area contributed by atoms with E-state index in [2.05, 4.69) is 10.6 Å². The summed E-state index contributed by atoms with van der Waals surface area (Å²) in [6.07, 6.45) is 0. The first-order valence-electron chi connectivity index (χ1n) is 7.67. The maximum Gasteiger partial charge on any atom is 0.227 e. The molecule has 2 aromatic carbocycles. The number of carbonyl (C=O) groups excluding carboxylic acids is 1. The number of rotatable bonds is 5. The minimum atomic E-state index is -0.342. The Kier molecular flexibility index (Phi) is 6.17. The van der Waals surface area contributed by atoms with E-state index >= 15 is 0 Å². The van der Waals surface area contributed by atoms with E-state index in [4.69, 9.17) is 4.74 Å². The monoisotopic (exact) mass is 350 g/mol. The lowest BCUT2D eigenvalue weighted by molar-refractivity contribution is -0.121. The summed E-state index contributed by atoms with van der Waals surface area (Å²) in [5.41, 5.74) is 0.723. The van der Waals surface area contributed by atoms with Gasteiger partial charge in [0.2, 0.25) is 5.91 Å². The molecule has 2 aromatic rings. The summed E-state index contributed by atoms with van der Waals surface area (Å²) in [5, 5.41) is 6.08. The Labute approximate surface area is 146 Å². The molecule has 4 nitrogen and oxygen atoms in total. The van der Waals surface area contributed by atoms with Crippen LogP contribution >= 0.6 is 12.4 Å². The number of nitrogens with one attached hydrogen (secondary N) is 2. The van der Waals surface area contributed by atoms with Crippen molar-refractivity contribution >= 4 is 24.0 Å². The first-order chi connectivity index (χ1) is 11.1. The van der Waals surface area contributed by atoms with E-state index in [-0.39, 0.29) is 30.0 Å². The van der Waals surface area contributed by atoms with Gasteiger partial charge in [0, 0.05) is 17.7 Å². The molecule has 24 heavy (non-hydrogen) atoms. The fourth-order valence-corrected chi connectivity index (χ4v) is 2.41. The predicted octanol–water partition coefficient (Wildman–Crippen LogP) is 3.83. The normalized spacial score (nSPS) is 14.9. The smallest absolute Gasteiger partial charge is 0.227 e. The first kappa shape index (κ1) is 18.2. The molecule has 1 fully saturated rings. The van der Waals surface area contributed by atoms with Gasteiger partial charge in [-0.25, -0.2) is 4.39 Å². The lowest BCUT2D eigenvalue weighted by Gasteiger charge is -2.31. The molecule has 1 aliphatic heterocycles. The highest BCUT2D eigenvalue weighted by molar-refractivity contribution is 5.92. The summed E-state index contributed by atoms with van der Waals surface area (Å²) in [7, 11) is 0. The third kappa shape index (κ3) is 4.46. The molecule has 1 saturated heterocycles. The van der Waals surface area contributed by atoms with Gasteiger partial charge in [0.1, 0.15) is 17.3 Å². The van der Waals surface area contributed by atoms with Gasteiger partial charge < -0.3 is 15.4 Å². The standard InChI is InChI=1S/C18H19FN2O2.ClH/c1-12(13-10-20-11-13)18(22)21-15-5-7-16(8-6-15)23-17-4-2-3-14(19)9-17;/h2-9,12-13,20H,10-11H2,1H3,(H,21,22);1H. The van der Waals surface area contributed by atoms with Gasteiger partial charge in [-0.2, -0.15) is 0 Å². The molecule has 1 heterocycles. The molecule has 1 aliphatic rings. The van der Waals surface area contributed by atoms with Crippen LogP contribution in [-0.2, 0) is 4.79 Å². The maximum absolute atomic E-state index is 13.1. The molecule has 0 bridgehead atoms. The van der Waals surface area contributed by atoms with E-state index in [9.17, 15) is 9.18 Å². The molecule has 1 unspecified atom stereocenters. The highest BCUT2D eigenvalue weighted by Gasteiger charge is 2.28. The largest absolute Gasteiger partial charge is 0.457 e. The van der Waals surface area contributed by atoms with Crippen molar-refractivity contribution in [2.24, 2.45) is 11.8 Å². The second-order valence-electron chi connectivity index (χ2n) is 5.78. The lowest BCUT2D eigenvalue weighted by atomic mass is 9.88. The Hall–Kier alpha value is -2.11. The SMILES string of the molecule is CC(C(=O)Nc1ccc(Oc2cccc(F)c2)cc1)C1CNC1.Cl. The van der Waals surface area contributed by atoms with Crippen LogP contribution in [0.15, 0.2) is 48.5 Å². The minimum absolute atomic E-state index is 0. The number of ether oxygens (including phenoxy) is 1. The van der Waals surface area contributed by atoms with E-state index in [1.807, 2.05) is 6.92 Å². The molecule has 0 spiro atoms. The van der Waals surface area contributed by atoms with Crippen molar-refractivity contribution in [1.82, 2.24) is 5.32 Å². The number of amides is 1. The molecule has 1 atom stereocenters. The van der Waals surface area contributed by atoms with E-state index in [1.54, 1.807) is 36.4 Å². The van der Waals surface area contributed by atoms with Gasteiger partial charge in [-0.1, -0.05) is 13.0 Å². The summed E-state index contributed by atoms with van der Waals surface area (Å²) in [4.78, 5) is 12.1. The second-order valence-corrected chi connectivity index (χ2v) is 5.78. The molecule has 0 aromatic heterocycles. The zero-order valence-electron chi connectivity index (χ0n) is 13.3. The molecular weight excluding hydrogens is 331 g/mol. The van der Waals surface area contributed by atoms with Crippen LogP contribution in [0.1, 0.15) is 6.92 Å². The van der Waals surface area contributed by atoms with Crippen LogP contribution < -0.4 is 15.4 Å². The summed E-state index contributed by atoms with van der Waals surface area (Å²) >= 11 is 0. The zero-order chi connectivity index (χ0) is 16.2. The number of hydrogen-bond donors (Lipinski definition) is 2. The van der Waals surface area contributed by atoms with Gasteiger partial charge in [0.25, 0.3) is 0 Å². The number of hydrogen-bond acceptors (Lipinski definition) is 3. The number of halogens is 2. The van der Waals surface area contributed by atoms with Crippen LogP contribution in [0, 0.1) is 17.7 Å². The Bertz CT molecular complexity index is 690. The molecule has 6 heteroatoms. The molecule has 128 valence electrons. The van der Waals surface area contributed by atoms with Crippen LogP contribution in [0.4, 0.5) is 10.1 Å². The molecular formula is C18H20ClFN2O2. The van der Waals surface area contributed by atoms with E-state index in [0.717, 1.165) is 18.8 Å². The predicted molar refractivity (Wildman–Crippen MR) is 94.3 cm³/mol. The van der Waals surface area contributed by atoms with Crippen molar-refractivity contribution in [3.05, 3.63) is 54.3 Å². The summed E-state index contributed by atoms with van der Waals surface area (Å²) in [6, 6.07) is 13.0. The Morgan fingerprint density at radius 2 is 1.92 bits per heavy atom. The van der Waals surface area contributed by atoms with Gasteiger partial charge >= 0.3 is 0 Å². The third-order valence-electron chi connectivity index (χ3n) is 4.09. The van der Waals surface area contributed by atoms with Crippen LogP contribution in [0.25, 0.3) is 0 Å². The van der Waals surface area contributed by atoms with E-state index < -0.39 is 0 Å². The zero-order valence-corrected chi connectivity index (χ0v) is 14.1. The maximum atomic E-state index is 13.1. The van der Waals surface area contributed by atoms with Crippen LogP contribution in [0.5, 0.6) is 11.5 Å². The van der Waals surface area contributed by atoms with Gasteiger partial charge in [-0.05, 0) is 55.4 Å². The summed E-state index contributed by atoms with van der Waals surface area (Å²) in [6.45, 7) is 3.74. The quantitative estimate of drug-likeness (QED) is 0.861. The number of benzene rings is 2. The fraction of sp³-hybridized carbons (Fsp3) is 0.278. The molecule has 3 rings (SSSR count). The van der Waals surface area contributed by atoms with E-state index in [1.165, 1.54) is 12.1 Å². The molecule has 0 aliphatic carbocycles. The summed E-state index contributed by atoms with van der Waals surface area (Å²) < 4.78 is 18.7. The molecule has 2 N–H and O–H groups in total. The van der Waals surface area contributed by atoms with Gasteiger partial charge in [0.05, 0.1) is 0 Å². The Balaban J connectivity index is 0.00000208. The minimum Gasteiger partial charge on any atom is -0.457 e. The fourth-order valence-electron chi connectivity index (χ4n) is 2.41. The van der Waals surface area contributed by atoms with Gasteiger partial charge in [-0.15, -0.1) is 12.4 Å². The van der Waals surface area contributed by atoms with Crippen molar-refractivity contribution in [2.75, 3.05) is 18.4 Å². The topological polar surface area (TPSA) is 50.4 Å². The van der Waals surface area contributed by atoms with E-state index in [0.29, 0.717) is 17.4 Å². The van der Waals surface area contributed by atoms with Crippen molar-refractivity contribution in [3.63, 3.8) is 0 Å². The molecule has 1 amide bonds. The van der Waals surface area contributed by atoms with Crippen LogP contribution in [0.2, 0.25) is 0 Å². The van der Waals surface area contributed by atoms with Crippen molar-refractivity contribution < 1.29 is 13.9 Å². The first-order valence-corrected chi connectivity index (χ1v) is 7.67. The van der Waals surface area contributed by atoms with Crippen molar-refractivity contribution in [3.8, 4) is 11.5 Å². The summed E-state index contributed by atoms with van der Waals surface area (Å²) in [5.74, 6) is 1.10. The van der Waals surface area contributed by atoms with Gasteiger partial charge in [-0.3, -0.25) is 4.79 Å². The molecule has 0 radical (unpaired) electrons. The second kappa shape index (κ2) is 8.13. The van der Waals surface area contributed by atoms with Crippen LogP contribution in [0.3, 0.4) is 0 Å². The highest BCUT2D eigenvalue weighted by Crippen LogP contribution is 2.24. The molecule has 0 saturated carbocycles. The number of carbonyl (C=O) groups is 1. The lowest BCUT2D eigenvalue weighted by Crippen LogP contribution is -2.48. The average molecular weight is 351 g/mol. The highest BCUT2D eigenvalue weighted by atomic mass is 35.5. The van der Waals surface area contributed by atoms with Crippen LogP contribution in [-0.4, -0.2) is 19.0 Å². The van der Waals surface area contributed by atoms with Crippen molar-refractivity contribution in [2.45, 2.75) is 6.92 Å². The Morgan fingerprint density at radius 3 is 2.50 bits per heavy atom. The van der Waals surface area contributed by atoms with Gasteiger partial charge in [0.15, 0.2) is 0 Å². The van der Waals surface area contributed by atoms with Crippen molar-refractivity contribution in [1.29, 1.82) is 0 Å². The number of anilines is 1. The average Bonchev–Trinajstić information content (AvgIpc) is 2.47. The Morgan fingerprint density at radius 1 is 1.21 bits per heavy atom. The third-order valence-corrected chi connectivity index (χ3v) is 4.09.